The molecule has 12 heavy (non-hydrogen) atoms. The topological polar surface area (TPSA) is 17.1 Å². The first-order chi connectivity index (χ1) is 5.70. The zero-order chi connectivity index (χ0) is 8.97. The standard InChI is InChI=1S/C10H11IO/c1-8(11)7-10(12)9-5-3-2-4-6-9/h2-6,8H,7H2,1H3/t8-/m1/s1. The minimum absolute atomic E-state index is 0.234. The number of hydrogen-bond acceptors (Lipinski definition) is 1. The molecular weight excluding hydrogens is 263 g/mol. The summed E-state index contributed by atoms with van der Waals surface area (Å²) < 4.78 is 0.412. The molecule has 1 aromatic carbocycles. The van der Waals surface area contributed by atoms with Crippen LogP contribution in [0.5, 0.6) is 0 Å². The van der Waals surface area contributed by atoms with Crippen molar-refractivity contribution in [1.29, 1.82) is 0 Å². The van der Waals surface area contributed by atoms with Gasteiger partial charge in [-0.25, -0.2) is 0 Å². The summed E-state index contributed by atoms with van der Waals surface area (Å²) in [5, 5.41) is 0. The van der Waals surface area contributed by atoms with Gasteiger partial charge in [-0.15, -0.1) is 0 Å². The lowest BCUT2D eigenvalue weighted by molar-refractivity contribution is 0.0984. The molecule has 1 rings (SSSR count). The molecule has 0 aliphatic rings. The first kappa shape index (κ1) is 9.71. The number of rotatable bonds is 3. The van der Waals surface area contributed by atoms with Gasteiger partial charge in [0.2, 0.25) is 0 Å². The van der Waals surface area contributed by atoms with E-state index < -0.39 is 0 Å². The smallest absolute Gasteiger partial charge is 0.163 e. The lowest BCUT2D eigenvalue weighted by atomic mass is 10.1. The Bertz CT molecular complexity index is 254. The van der Waals surface area contributed by atoms with E-state index in [0.717, 1.165) is 5.56 Å². The van der Waals surface area contributed by atoms with Gasteiger partial charge in [0.15, 0.2) is 5.78 Å². The molecular formula is C10H11IO. The van der Waals surface area contributed by atoms with E-state index in [9.17, 15) is 4.79 Å². The van der Waals surface area contributed by atoms with Crippen LogP contribution in [0.4, 0.5) is 0 Å². The summed E-state index contributed by atoms with van der Waals surface area (Å²) in [6.45, 7) is 2.04. The Labute approximate surface area is 86.3 Å². The summed E-state index contributed by atoms with van der Waals surface area (Å²) >= 11 is 2.26. The van der Waals surface area contributed by atoms with Crippen LogP contribution in [0.15, 0.2) is 30.3 Å². The zero-order valence-electron chi connectivity index (χ0n) is 6.96. The van der Waals surface area contributed by atoms with Gasteiger partial charge in [0.25, 0.3) is 0 Å². The minimum atomic E-state index is 0.234. The Balaban J connectivity index is 2.66. The van der Waals surface area contributed by atoms with Gasteiger partial charge < -0.3 is 0 Å². The Kier molecular flexibility index (Phi) is 3.72. The fourth-order valence-electron chi connectivity index (χ4n) is 0.997. The number of carbonyl (C=O) groups is 1. The summed E-state index contributed by atoms with van der Waals surface area (Å²) in [4.78, 5) is 11.5. The predicted molar refractivity (Wildman–Crippen MR) is 58.9 cm³/mol. The van der Waals surface area contributed by atoms with E-state index in [1.165, 1.54) is 0 Å². The summed E-state index contributed by atoms with van der Waals surface area (Å²) in [6.07, 6.45) is 0.630. The fraction of sp³-hybridized carbons (Fsp3) is 0.300. The lowest BCUT2D eigenvalue weighted by Gasteiger charge is -2.01. The molecule has 1 nitrogen and oxygen atoms in total. The molecule has 0 aliphatic carbocycles. The highest BCUT2D eigenvalue weighted by Gasteiger charge is 2.07. The van der Waals surface area contributed by atoms with Gasteiger partial charge in [-0.3, -0.25) is 4.79 Å². The minimum Gasteiger partial charge on any atom is -0.294 e. The number of ketones is 1. The predicted octanol–water partition coefficient (Wildman–Crippen LogP) is 3.08. The molecule has 0 saturated heterocycles. The van der Waals surface area contributed by atoms with Gasteiger partial charge in [-0.1, -0.05) is 59.8 Å². The molecule has 0 spiro atoms. The highest BCUT2D eigenvalue weighted by atomic mass is 127. The van der Waals surface area contributed by atoms with Gasteiger partial charge in [0.05, 0.1) is 0 Å². The van der Waals surface area contributed by atoms with Crippen molar-refractivity contribution < 1.29 is 4.79 Å². The summed E-state index contributed by atoms with van der Waals surface area (Å²) in [6, 6.07) is 9.43. The first-order valence-corrected chi connectivity index (χ1v) is 5.17. The maximum Gasteiger partial charge on any atom is 0.163 e. The van der Waals surface area contributed by atoms with Crippen LogP contribution in [-0.4, -0.2) is 9.71 Å². The quantitative estimate of drug-likeness (QED) is 0.470. The van der Waals surface area contributed by atoms with Crippen LogP contribution >= 0.6 is 22.6 Å². The summed E-state index contributed by atoms with van der Waals surface area (Å²) in [5.41, 5.74) is 0.820. The zero-order valence-corrected chi connectivity index (χ0v) is 9.11. The van der Waals surface area contributed by atoms with Gasteiger partial charge in [0.1, 0.15) is 0 Å². The van der Waals surface area contributed by atoms with Crippen molar-refractivity contribution in [2.45, 2.75) is 17.3 Å². The van der Waals surface area contributed by atoms with E-state index in [0.29, 0.717) is 10.3 Å². The van der Waals surface area contributed by atoms with E-state index >= 15 is 0 Å². The molecule has 0 radical (unpaired) electrons. The van der Waals surface area contributed by atoms with Crippen LogP contribution in [0.1, 0.15) is 23.7 Å². The third-order valence-electron chi connectivity index (χ3n) is 1.56. The fourth-order valence-corrected chi connectivity index (χ4v) is 1.40. The van der Waals surface area contributed by atoms with Crippen LogP contribution in [0, 0.1) is 0 Å². The second-order valence-electron chi connectivity index (χ2n) is 2.77. The van der Waals surface area contributed by atoms with Crippen molar-refractivity contribution in [3.05, 3.63) is 35.9 Å². The number of benzene rings is 1. The average molecular weight is 274 g/mol. The molecule has 1 atom stereocenters. The molecule has 0 unspecified atom stereocenters. The van der Waals surface area contributed by atoms with Crippen LogP contribution in [0.25, 0.3) is 0 Å². The van der Waals surface area contributed by atoms with Crippen molar-refractivity contribution in [3.8, 4) is 0 Å². The number of halogens is 1. The number of Topliss-reactive ketones (excluding diaryl/α,β-unsaturated/α-hetero) is 1. The van der Waals surface area contributed by atoms with Crippen molar-refractivity contribution in [1.82, 2.24) is 0 Å². The molecule has 0 bridgehead atoms. The number of carbonyl (C=O) groups excluding carboxylic acids is 1. The van der Waals surface area contributed by atoms with E-state index in [-0.39, 0.29) is 5.78 Å². The van der Waals surface area contributed by atoms with Crippen LogP contribution in [0.3, 0.4) is 0 Å². The van der Waals surface area contributed by atoms with Crippen molar-refractivity contribution in [2.24, 2.45) is 0 Å². The van der Waals surface area contributed by atoms with E-state index in [1.807, 2.05) is 37.3 Å². The lowest BCUT2D eigenvalue weighted by Crippen LogP contribution is -2.04. The number of hydrogen-bond donors (Lipinski definition) is 0. The van der Waals surface area contributed by atoms with E-state index in [1.54, 1.807) is 0 Å². The molecule has 64 valence electrons. The first-order valence-electron chi connectivity index (χ1n) is 3.92. The molecule has 0 N–H and O–H groups in total. The van der Waals surface area contributed by atoms with Crippen LogP contribution in [-0.2, 0) is 0 Å². The van der Waals surface area contributed by atoms with Gasteiger partial charge in [-0.2, -0.15) is 0 Å². The van der Waals surface area contributed by atoms with Crippen molar-refractivity contribution in [3.63, 3.8) is 0 Å². The third-order valence-corrected chi connectivity index (χ3v) is 2.00. The molecule has 0 heterocycles. The Morgan fingerprint density at radius 3 is 2.50 bits per heavy atom. The largest absolute Gasteiger partial charge is 0.294 e. The molecule has 0 saturated carbocycles. The van der Waals surface area contributed by atoms with Gasteiger partial charge >= 0.3 is 0 Å². The molecule has 0 aliphatic heterocycles. The summed E-state index contributed by atoms with van der Waals surface area (Å²) in [7, 11) is 0. The molecule has 0 fully saturated rings. The van der Waals surface area contributed by atoms with Gasteiger partial charge in [0, 0.05) is 15.9 Å². The SMILES string of the molecule is C[C@@H](I)CC(=O)c1ccccc1. The highest BCUT2D eigenvalue weighted by Crippen LogP contribution is 2.10. The molecule has 0 aromatic heterocycles. The molecule has 0 amide bonds. The van der Waals surface area contributed by atoms with Crippen molar-refractivity contribution in [2.75, 3.05) is 0 Å². The monoisotopic (exact) mass is 274 g/mol. The third kappa shape index (κ3) is 2.93. The van der Waals surface area contributed by atoms with Crippen LogP contribution in [0.2, 0.25) is 0 Å². The highest BCUT2D eigenvalue weighted by molar-refractivity contribution is 14.1. The number of alkyl halides is 1. The normalized spacial score (nSPS) is 12.5. The van der Waals surface area contributed by atoms with Crippen LogP contribution < -0.4 is 0 Å². The average Bonchev–Trinajstić information content (AvgIpc) is 2.05. The van der Waals surface area contributed by atoms with Gasteiger partial charge in [-0.05, 0) is 0 Å². The molecule has 1 aromatic rings. The Morgan fingerprint density at radius 1 is 1.42 bits per heavy atom. The second kappa shape index (κ2) is 4.60. The Hall–Kier alpha value is -0.380. The Morgan fingerprint density at radius 2 is 2.00 bits per heavy atom. The maximum absolute atomic E-state index is 11.5. The second-order valence-corrected chi connectivity index (χ2v) is 4.90. The van der Waals surface area contributed by atoms with E-state index in [2.05, 4.69) is 22.6 Å². The maximum atomic E-state index is 11.5. The molecule has 2 heteroatoms. The van der Waals surface area contributed by atoms with Crippen molar-refractivity contribution >= 4 is 28.4 Å². The summed E-state index contributed by atoms with van der Waals surface area (Å²) in [5.74, 6) is 0.234. The van der Waals surface area contributed by atoms with E-state index in [4.69, 9.17) is 0 Å².